The molecule has 1 aromatic heterocycles. The van der Waals surface area contributed by atoms with Crippen LogP contribution in [0.3, 0.4) is 0 Å². The second-order valence-electron chi connectivity index (χ2n) is 5.33. The van der Waals surface area contributed by atoms with Crippen LogP contribution in [-0.4, -0.2) is 23.6 Å². The Morgan fingerprint density at radius 2 is 2.15 bits per heavy atom. The Balaban J connectivity index is 1.59. The number of benzene rings is 1. The molecule has 0 radical (unpaired) electrons. The minimum absolute atomic E-state index is 0.778. The number of aryl methyl sites for hydroxylation is 1. The highest BCUT2D eigenvalue weighted by atomic mass is 15.1. The van der Waals surface area contributed by atoms with Crippen molar-refractivity contribution in [3.63, 3.8) is 0 Å². The van der Waals surface area contributed by atoms with Gasteiger partial charge in [0.05, 0.1) is 5.69 Å². The molecule has 1 N–H and O–H groups in total. The number of hydrogen-bond acceptors (Lipinski definition) is 4. The summed E-state index contributed by atoms with van der Waals surface area (Å²) in [5.41, 5.74) is 5.22. The van der Waals surface area contributed by atoms with Gasteiger partial charge in [-0.05, 0) is 36.6 Å². The highest BCUT2D eigenvalue weighted by Crippen LogP contribution is 2.27. The molecule has 1 aliphatic heterocycles. The van der Waals surface area contributed by atoms with E-state index in [0.29, 0.717) is 0 Å². The summed E-state index contributed by atoms with van der Waals surface area (Å²) in [4.78, 5) is 10.8. The van der Waals surface area contributed by atoms with E-state index in [0.717, 1.165) is 37.6 Å². The molecule has 20 heavy (non-hydrogen) atoms. The average molecular weight is 268 g/mol. The Hall–Kier alpha value is -1.94. The monoisotopic (exact) mass is 268 g/mol. The molecule has 0 aliphatic carbocycles. The quantitative estimate of drug-likeness (QED) is 0.921. The van der Waals surface area contributed by atoms with Gasteiger partial charge in [-0.15, -0.1) is 0 Å². The van der Waals surface area contributed by atoms with E-state index in [4.69, 9.17) is 0 Å². The van der Waals surface area contributed by atoms with Gasteiger partial charge in [0, 0.05) is 38.6 Å². The lowest BCUT2D eigenvalue weighted by Crippen LogP contribution is -2.14. The van der Waals surface area contributed by atoms with Crippen LogP contribution in [0.4, 0.5) is 5.69 Å². The van der Waals surface area contributed by atoms with Gasteiger partial charge < -0.3 is 10.2 Å². The van der Waals surface area contributed by atoms with Gasteiger partial charge in [0.15, 0.2) is 0 Å². The fourth-order valence-corrected chi connectivity index (χ4v) is 2.67. The van der Waals surface area contributed by atoms with E-state index < -0.39 is 0 Å². The van der Waals surface area contributed by atoms with Gasteiger partial charge in [-0.25, -0.2) is 9.97 Å². The van der Waals surface area contributed by atoms with Crippen LogP contribution < -0.4 is 10.2 Å². The predicted molar refractivity (Wildman–Crippen MR) is 80.7 cm³/mol. The second kappa shape index (κ2) is 5.59. The summed E-state index contributed by atoms with van der Waals surface area (Å²) in [6.45, 7) is 4.70. The number of anilines is 1. The van der Waals surface area contributed by atoms with Crippen molar-refractivity contribution in [2.45, 2.75) is 26.4 Å². The lowest BCUT2D eigenvalue weighted by molar-refractivity contribution is 0.675. The normalized spacial score (nSPS) is 13.6. The maximum Gasteiger partial charge on any atom is 0.125 e. The van der Waals surface area contributed by atoms with Gasteiger partial charge in [-0.2, -0.15) is 0 Å². The Bertz CT molecular complexity index is 609. The summed E-state index contributed by atoms with van der Waals surface area (Å²) in [5.74, 6) is 0.824. The Kier molecular flexibility index (Phi) is 3.65. The Morgan fingerprint density at radius 1 is 1.25 bits per heavy atom. The lowest BCUT2D eigenvalue weighted by Gasteiger charge is -2.12. The smallest absolute Gasteiger partial charge is 0.125 e. The third-order valence-corrected chi connectivity index (χ3v) is 3.74. The van der Waals surface area contributed by atoms with Crippen molar-refractivity contribution in [1.29, 1.82) is 0 Å². The Labute approximate surface area is 119 Å². The number of fused-ring (bicyclic) bond motifs is 1. The van der Waals surface area contributed by atoms with Gasteiger partial charge in [0.25, 0.3) is 0 Å². The van der Waals surface area contributed by atoms with Crippen molar-refractivity contribution in [3.05, 3.63) is 53.1 Å². The molecule has 0 fully saturated rings. The molecule has 0 saturated carbocycles. The fourth-order valence-electron chi connectivity index (χ4n) is 2.67. The van der Waals surface area contributed by atoms with E-state index in [2.05, 4.69) is 45.4 Å². The molecule has 2 aromatic rings. The summed E-state index contributed by atoms with van der Waals surface area (Å²) in [7, 11) is 2.15. The third kappa shape index (κ3) is 2.80. The zero-order chi connectivity index (χ0) is 13.9. The van der Waals surface area contributed by atoms with Gasteiger partial charge >= 0.3 is 0 Å². The molecule has 0 saturated heterocycles. The van der Waals surface area contributed by atoms with Crippen LogP contribution in [-0.2, 0) is 19.5 Å². The molecule has 1 aromatic carbocycles. The maximum absolute atomic E-state index is 4.39. The first kappa shape index (κ1) is 13.1. The average Bonchev–Trinajstić information content (AvgIpc) is 2.80. The van der Waals surface area contributed by atoms with Crippen LogP contribution in [0.2, 0.25) is 0 Å². The standard InChI is InChI=1S/C16H20N4/c1-12-18-7-5-15(19-12)11-17-10-13-3-4-16-14(9-13)6-8-20(16)2/h3-5,7,9,17H,6,8,10-11H2,1-2H3. The van der Waals surface area contributed by atoms with E-state index >= 15 is 0 Å². The molecule has 0 unspecified atom stereocenters. The van der Waals surface area contributed by atoms with Crippen LogP contribution in [0.5, 0.6) is 0 Å². The topological polar surface area (TPSA) is 41.1 Å². The predicted octanol–water partition coefficient (Wildman–Crippen LogP) is 2.07. The molecule has 104 valence electrons. The van der Waals surface area contributed by atoms with E-state index in [1.54, 1.807) is 0 Å². The third-order valence-electron chi connectivity index (χ3n) is 3.74. The SMILES string of the molecule is Cc1nccc(CNCc2ccc3c(c2)CCN3C)n1. The van der Waals surface area contributed by atoms with Crippen molar-refractivity contribution in [3.8, 4) is 0 Å². The number of nitrogens with one attached hydrogen (secondary N) is 1. The van der Waals surface area contributed by atoms with Gasteiger partial charge in [-0.3, -0.25) is 0 Å². The molecular weight excluding hydrogens is 248 g/mol. The minimum Gasteiger partial charge on any atom is -0.374 e. The van der Waals surface area contributed by atoms with E-state index in [1.165, 1.54) is 16.8 Å². The fraction of sp³-hybridized carbons (Fsp3) is 0.375. The highest BCUT2D eigenvalue weighted by Gasteiger charge is 2.15. The second-order valence-corrected chi connectivity index (χ2v) is 5.33. The van der Waals surface area contributed by atoms with E-state index in [9.17, 15) is 0 Å². The first-order chi connectivity index (χ1) is 9.72. The summed E-state index contributed by atoms with van der Waals surface area (Å²) < 4.78 is 0. The Morgan fingerprint density at radius 3 is 3.00 bits per heavy atom. The van der Waals surface area contributed by atoms with Crippen LogP contribution in [0.15, 0.2) is 30.5 Å². The molecule has 4 nitrogen and oxygen atoms in total. The molecule has 2 heterocycles. The molecule has 0 bridgehead atoms. The first-order valence-corrected chi connectivity index (χ1v) is 7.04. The molecular formula is C16H20N4. The molecule has 0 amide bonds. The summed E-state index contributed by atoms with van der Waals surface area (Å²) >= 11 is 0. The molecule has 3 rings (SSSR count). The van der Waals surface area contributed by atoms with Crippen molar-refractivity contribution in [1.82, 2.24) is 15.3 Å². The van der Waals surface area contributed by atoms with Gasteiger partial charge in [-0.1, -0.05) is 12.1 Å². The number of rotatable bonds is 4. The van der Waals surface area contributed by atoms with Crippen molar-refractivity contribution in [2.24, 2.45) is 0 Å². The van der Waals surface area contributed by atoms with Crippen LogP contribution in [0, 0.1) is 6.92 Å². The largest absolute Gasteiger partial charge is 0.374 e. The number of hydrogen-bond donors (Lipinski definition) is 1. The minimum atomic E-state index is 0.778. The molecule has 0 spiro atoms. The molecule has 0 atom stereocenters. The van der Waals surface area contributed by atoms with Crippen LogP contribution in [0.25, 0.3) is 0 Å². The van der Waals surface area contributed by atoms with Crippen molar-refractivity contribution >= 4 is 5.69 Å². The van der Waals surface area contributed by atoms with Crippen LogP contribution in [0.1, 0.15) is 22.6 Å². The number of aromatic nitrogens is 2. The van der Waals surface area contributed by atoms with Gasteiger partial charge in [0.1, 0.15) is 5.82 Å². The maximum atomic E-state index is 4.39. The molecule has 1 aliphatic rings. The summed E-state index contributed by atoms with van der Waals surface area (Å²) in [6, 6.07) is 8.71. The van der Waals surface area contributed by atoms with Crippen molar-refractivity contribution in [2.75, 3.05) is 18.5 Å². The first-order valence-electron chi connectivity index (χ1n) is 7.04. The van der Waals surface area contributed by atoms with Crippen molar-refractivity contribution < 1.29 is 0 Å². The van der Waals surface area contributed by atoms with E-state index in [1.807, 2.05) is 19.2 Å². The van der Waals surface area contributed by atoms with E-state index in [-0.39, 0.29) is 0 Å². The summed E-state index contributed by atoms with van der Waals surface area (Å²) in [6.07, 6.45) is 2.97. The number of nitrogens with zero attached hydrogens (tertiary/aromatic N) is 3. The highest BCUT2D eigenvalue weighted by molar-refractivity contribution is 5.58. The zero-order valence-electron chi connectivity index (χ0n) is 12.1. The zero-order valence-corrected chi connectivity index (χ0v) is 12.1. The number of likely N-dealkylation sites (N-methyl/N-ethyl adjacent to an activating group) is 1. The summed E-state index contributed by atoms with van der Waals surface area (Å²) in [5, 5.41) is 3.44. The molecule has 4 heteroatoms. The lowest BCUT2D eigenvalue weighted by atomic mass is 10.1. The van der Waals surface area contributed by atoms with Gasteiger partial charge in [0.2, 0.25) is 0 Å². The van der Waals surface area contributed by atoms with Crippen LogP contribution >= 0.6 is 0 Å².